The number of para-hydroxylation sites is 1. The molecule has 11 heteroatoms. The van der Waals surface area contributed by atoms with Crippen LogP contribution in [0.2, 0.25) is 15.1 Å². The molecule has 0 aromatic heterocycles. The lowest BCUT2D eigenvalue weighted by Gasteiger charge is -2.46. The van der Waals surface area contributed by atoms with Gasteiger partial charge in [-0.15, -0.1) is 0 Å². The molecule has 2 unspecified atom stereocenters. The maximum absolute atomic E-state index is 14.4. The summed E-state index contributed by atoms with van der Waals surface area (Å²) in [5, 5.41) is 17.5. The van der Waals surface area contributed by atoms with Gasteiger partial charge < -0.3 is 15.2 Å². The summed E-state index contributed by atoms with van der Waals surface area (Å²) in [7, 11) is 0. The first-order valence-corrected chi connectivity index (χ1v) is 16.5. The minimum absolute atomic E-state index is 0.0144. The number of halogens is 4. The lowest BCUT2D eigenvalue weighted by molar-refractivity contribution is -0.0470. The predicted octanol–water partition coefficient (Wildman–Crippen LogP) is 8.56. The molecule has 2 atom stereocenters. The SMILES string of the molecule is O=C1Nc2ccc(F)cc2C2(CCN(C(Cc3ccc(Cl)cc3)CC(CNC(=O)c3ccccc3O)c3ccc(Cl)c(Cl)c3)CC2)O1. The number of fused-ring (bicyclic) bond motifs is 2. The number of hydrogen-bond donors (Lipinski definition) is 3. The van der Waals surface area contributed by atoms with Crippen molar-refractivity contribution in [3.63, 3.8) is 0 Å². The number of phenols is 1. The average molecular weight is 697 g/mol. The van der Waals surface area contributed by atoms with E-state index in [4.69, 9.17) is 39.5 Å². The molecule has 2 amide bonds. The van der Waals surface area contributed by atoms with Crippen LogP contribution >= 0.6 is 34.8 Å². The van der Waals surface area contributed by atoms with Gasteiger partial charge in [-0.25, -0.2) is 9.18 Å². The van der Waals surface area contributed by atoms with Crippen LogP contribution in [0, 0.1) is 5.82 Å². The first-order valence-electron chi connectivity index (χ1n) is 15.4. The van der Waals surface area contributed by atoms with Gasteiger partial charge in [-0.05, 0) is 78.6 Å². The number of rotatable bonds is 9. The van der Waals surface area contributed by atoms with Crippen LogP contribution in [0.1, 0.15) is 52.2 Å². The van der Waals surface area contributed by atoms with E-state index in [-0.39, 0.29) is 41.5 Å². The molecule has 1 spiro atoms. The number of likely N-dealkylation sites (tertiary alicyclic amines) is 1. The van der Waals surface area contributed by atoms with Crippen LogP contribution in [0.15, 0.2) is 84.9 Å². The van der Waals surface area contributed by atoms with Gasteiger partial charge in [0.2, 0.25) is 0 Å². The highest BCUT2D eigenvalue weighted by molar-refractivity contribution is 6.42. The van der Waals surface area contributed by atoms with Crippen LogP contribution in [-0.2, 0) is 16.8 Å². The third-order valence-corrected chi connectivity index (χ3v) is 10.1. The van der Waals surface area contributed by atoms with Crippen molar-refractivity contribution in [2.24, 2.45) is 0 Å². The number of benzene rings is 4. The second-order valence-corrected chi connectivity index (χ2v) is 13.3. The van der Waals surface area contributed by atoms with Crippen LogP contribution in [0.4, 0.5) is 14.9 Å². The highest BCUT2D eigenvalue weighted by Gasteiger charge is 2.45. The highest BCUT2D eigenvalue weighted by atomic mass is 35.5. The number of hydrogen-bond acceptors (Lipinski definition) is 5. The molecule has 4 aromatic carbocycles. The van der Waals surface area contributed by atoms with Crippen molar-refractivity contribution in [1.29, 1.82) is 0 Å². The molecule has 3 N–H and O–H groups in total. The Balaban J connectivity index is 1.28. The van der Waals surface area contributed by atoms with Gasteiger partial charge >= 0.3 is 6.09 Å². The van der Waals surface area contributed by atoms with Crippen molar-refractivity contribution in [2.75, 3.05) is 25.0 Å². The fraction of sp³-hybridized carbons (Fsp3) is 0.278. The number of amides is 2. The summed E-state index contributed by atoms with van der Waals surface area (Å²) in [6.07, 6.45) is 1.73. The van der Waals surface area contributed by atoms with Crippen LogP contribution in [0.3, 0.4) is 0 Å². The zero-order valence-corrected chi connectivity index (χ0v) is 27.6. The number of carbonyl (C=O) groups excluding carboxylic acids is 2. The average Bonchev–Trinajstić information content (AvgIpc) is 3.05. The van der Waals surface area contributed by atoms with E-state index in [0.717, 1.165) is 11.1 Å². The Morgan fingerprint density at radius 3 is 2.45 bits per heavy atom. The lowest BCUT2D eigenvalue weighted by Crippen LogP contribution is -2.51. The van der Waals surface area contributed by atoms with Gasteiger partial charge in [0.1, 0.15) is 17.2 Å². The lowest BCUT2D eigenvalue weighted by atomic mass is 9.80. The Morgan fingerprint density at radius 1 is 0.979 bits per heavy atom. The van der Waals surface area contributed by atoms with E-state index in [2.05, 4.69) is 15.5 Å². The number of carbonyl (C=O) groups is 2. The van der Waals surface area contributed by atoms with Gasteiger partial charge in [-0.2, -0.15) is 0 Å². The zero-order valence-electron chi connectivity index (χ0n) is 25.3. The van der Waals surface area contributed by atoms with Gasteiger partial charge in [0.05, 0.1) is 21.3 Å². The molecule has 2 heterocycles. The first kappa shape index (κ1) is 33.1. The third-order valence-electron chi connectivity index (χ3n) is 9.13. The molecule has 0 saturated carbocycles. The normalized spacial score (nSPS) is 16.9. The molecule has 47 heavy (non-hydrogen) atoms. The minimum atomic E-state index is -0.935. The van der Waals surface area contributed by atoms with Crippen LogP contribution in [0.25, 0.3) is 0 Å². The van der Waals surface area contributed by atoms with E-state index in [9.17, 15) is 19.1 Å². The summed E-state index contributed by atoms with van der Waals surface area (Å²) in [4.78, 5) is 28.1. The van der Waals surface area contributed by atoms with E-state index < -0.39 is 11.7 Å². The van der Waals surface area contributed by atoms with E-state index in [1.165, 1.54) is 18.2 Å². The molecule has 7 nitrogen and oxygen atoms in total. The molecule has 0 bridgehead atoms. The quantitative estimate of drug-likeness (QED) is 0.163. The topological polar surface area (TPSA) is 90.9 Å². The number of aromatic hydroxyl groups is 1. The molecular weight excluding hydrogens is 664 g/mol. The van der Waals surface area contributed by atoms with Crippen LogP contribution < -0.4 is 10.6 Å². The van der Waals surface area contributed by atoms with E-state index in [0.29, 0.717) is 65.1 Å². The molecule has 2 aliphatic rings. The van der Waals surface area contributed by atoms with Gasteiger partial charge in [-0.1, -0.05) is 65.1 Å². The fourth-order valence-electron chi connectivity index (χ4n) is 6.65. The second kappa shape index (κ2) is 14.1. The Morgan fingerprint density at radius 2 is 1.72 bits per heavy atom. The number of nitrogens with zero attached hydrogens (tertiary/aromatic N) is 1. The summed E-state index contributed by atoms with van der Waals surface area (Å²) in [6.45, 7) is 1.44. The monoisotopic (exact) mass is 695 g/mol. The molecular formula is C36H33Cl3FN3O4. The van der Waals surface area contributed by atoms with Crippen molar-refractivity contribution in [3.05, 3.63) is 128 Å². The molecule has 244 valence electrons. The Bertz CT molecular complexity index is 1780. The van der Waals surface area contributed by atoms with Crippen molar-refractivity contribution >= 4 is 52.5 Å². The summed E-state index contributed by atoms with van der Waals surface area (Å²) in [5.41, 5.74) is 2.46. The largest absolute Gasteiger partial charge is 0.507 e. The van der Waals surface area contributed by atoms with Crippen molar-refractivity contribution in [3.8, 4) is 5.75 Å². The van der Waals surface area contributed by atoms with E-state index in [1.807, 2.05) is 36.4 Å². The molecule has 1 fully saturated rings. The number of anilines is 1. The molecule has 2 aliphatic heterocycles. The number of phenolic OH excluding ortho intramolecular Hbond substituents is 1. The van der Waals surface area contributed by atoms with E-state index in [1.54, 1.807) is 30.3 Å². The second-order valence-electron chi connectivity index (χ2n) is 12.1. The first-order chi connectivity index (χ1) is 22.6. The Hall–Kier alpha value is -3.82. The zero-order chi connectivity index (χ0) is 33.1. The molecule has 6 rings (SSSR count). The molecule has 4 aromatic rings. The number of ether oxygens (including phenoxy) is 1. The molecule has 0 aliphatic carbocycles. The predicted molar refractivity (Wildman–Crippen MR) is 182 cm³/mol. The fourth-order valence-corrected chi connectivity index (χ4v) is 7.09. The maximum Gasteiger partial charge on any atom is 0.412 e. The summed E-state index contributed by atoms with van der Waals surface area (Å²) in [5.74, 6) is -1.06. The van der Waals surface area contributed by atoms with Crippen molar-refractivity contribution in [1.82, 2.24) is 10.2 Å². The summed E-state index contributed by atoms with van der Waals surface area (Å²) < 4.78 is 20.3. The number of piperidine rings is 1. The van der Waals surface area contributed by atoms with Gasteiger partial charge in [0, 0.05) is 55.0 Å². The maximum atomic E-state index is 14.4. The van der Waals surface area contributed by atoms with Gasteiger partial charge in [-0.3, -0.25) is 15.0 Å². The standard InChI is InChI=1S/C36H33Cl3FN3O4/c37-25-8-5-22(6-9-25)17-27(43-15-13-36(14-16-43)29-20-26(40)10-12-32(29)42-35(46)47-36)18-24(23-7-11-30(38)31(39)19-23)21-41-34(45)28-3-1-2-4-33(28)44/h1-12,19-20,24,27,44H,13-18,21H2,(H,41,45)(H,42,46). The summed E-state index contributed by atoms with van der Waals surface area (Å²) in [6, 6.07) is 24.0. The smallest absolute Gasteiger partial charge is 0.412 e. The Kier molecular flexibility index (Phi) is 9.94. The van der Waals surface area contributed by atoms with Crippen LogP contribution in [0.5, 0.6) is 5.75 Å². The number of nitrogens with one attached hydrogen (secondary N) is 2. The van der Waals surface area contributed by atoms with Crippen LogP contribution in [-0.4, -0.2) is 47.7 Å². The molecule has 1 saturated heterocycles. The summed E-state index contributed by atoms with van der Waals surface area (Å²) >= 11 is 18.9. The highest BCUT2D eigenvalue weighted by Crippen LogP contribution is 2.44. The van der Waals surface area contributed by atoms with Crippen molar-refractivity contribution < 1.29 is 23.8 Å². The van der Waals surface area contributed by atoms with E-state index >= 15 is 0 Å². The van der Waals surface area contributed by atoms with Gasteiger partial charge in [0.25, 0.3) is 5.91 Å². The third kappa shape index (κ3) is 7.52. The Labute approximate surface area is 287 Å². The molecule has 0 radical (unpaired) electrons. The van der Waals surface area contributed by atoms with Gasteiger partial charge in [0.15, 0.2) is 0 Å². The minimum Gasteiger partial charge on any atom is -0.507 e. The van der Waals surface area contributed by atoms with Crippen molar-refractivity contribution in [2.45, 2.75) is 43.2 Å².